The van der Waals surface area contributed by atoms with Crippen LogP contribution in [0.4, 0.5) is 0 Å². The topological polar surface area (TPSA) is 58.4 Å². The van der Waals surface area contributed by atoms with Gasteiger partial charge in [-0.1, -0.05) is 6.92 Å². The molecule has 0 bridgehead atoms. The van der Waals surface area contributed by atoms with E-state index in [4.69, 9.17) is 5.11 Å². The highest BCUT2D eigenvalue weighted by Gasteiger charge is 2.33. The largest absolute Gasteiger partial charge is 0.480 e. The zero-order valence-corrected chi connectivity index (χ0v) is 10.3. The third-order valence-electron chi connectivity index (χ3n) is 2.82. The van der Waals surface area contributed by atoms with E-state index in [0.717, 1.165) is 5.69 Å². The Hall–Kier alpha value is -1.36. The van der Waals surface area contributed by atoms with Gasteiger partial charge in [-0.25, -0.2) is 0 Å². The Kier molecular flexibility index (Phi) is 3.70. The lowest BCUT2D eigenvalue weighted by Crippen LogP contribution is -2.49. The smallest absolute Gasteiger partial charge is 0.323 e. The molecule has 1 aromatic rings. The predicted octanol–water partition coefficient (Wildman–Crippen LogP) is 1.11. The highest BCUT2D eigenvalue weighted by atomic mass is 16.4. The van der Waals surface area contributed by atoms with Crippen molar-refractivity contribution in [1.82, 2.24) is 14.7 Å². The molecule has 0 saturated carbocycles. The van der Waals surface area contributed by atoms with Gasteiger partial charge < -0.3 is 5.11 Å². The normalized spacial score (nSPS) is 12.1. The van der Waals surface area contributed by atoms with Crippen molar-refractivity contribution in [2.45, 2.75) is 32.9 Å². The number of aliphatic carboxylic acids is 1. The highest BCUT2D eigenvalue weighted by molar-refractivity contribution is 5.77. The molecular formula is C11H19N3O2. The van der Waals surface area contributed by atoms with Crippen LogP contribution in [0.2, 0.25) is 0 Å². The summed E-state index contributed by atoms with van der Waals surface area (Å²) in [6.07, 6.45) is 1.86. The maximum Gasteiger partial charge on any atom is 0.323 e. The molecule has 0 aliphatic heterocycles. The van der Waals surface area contributed by atoms with E-state index in [-0.39, 0.29) is 0 Å². The van der Waals surface area contributed by atoms with Gasteiger partial charge in [0.15, 0.2) is 0 Å². The molecule has 1 N–H and O–H groups in total. The van der Waals surface area contributed by atoms with Crippen LogP contribution in [0.5, 0.6) is 0 Å². The summed E-state index contributed by atoms with van der Waals surface area (Å²) < 4.78 is 1.72. The van der Waals surface area contributed by atoms with E-state index in [1.54, 1.807) is 18.5 Å². The minimum absolute atomic E-state index is 0.552. The van der Waals surface area contributed by atoms with Gasteiger partial charge in [0.2, 0.25) is 0 Å². The number of carboxylic acid groups (broad SMARTS) is 1. The van der Waals surface area contributed by atoms with E-state index in [2.05, 4.69) is 5.10 Å². The molecule has 0 radical (unpaired) electrons. The second-order valence-electron chi connectivity index (χ2n) is 4.36. The predicted molar refractivity (Wildman–Crippen MR) is 61.0 cm³/mol. The minimum atomic E-state index is -0.869. The number of aromatic nitrogens is 2. The van der Waals surface area contributed by atoms with Gasteiger partial charge in [0.25, 0.3) is 0 Å². The summed E-state index contributed by atoms with van der Waals surface area (Å²) in [6.45, 7) is 6.60. The molecular weight excluding hydrogens is 206 g/mol. The van der Waals surface area contributed by atoms with E-state index in [1.165, 1.54) is 0 Å². The second kappa shape index (κ2) is 4.65. The zero-order chi connectivity index (χ0) is 12.3. The highest BCUT2D eigenvalue weighted by Crippen LogP contribution is 2.17. The molecule has 0 aromatic carbocycles. The Balaban J connectivity index is 2.80. The van der Waals surface area contributed by atoms with Gasteiger partial charge in [-0.3, -0.25) is 14.4 Å². The fraction of sp³-hybridized carbons (Fsp3) is 0.636. The summed E-state index contributed by atoms with van der Waals surface area (Å²) in [5, 5.41) is 13.4. The van der Waals surface area contributed by atoms with E-state index < -0.39 is 11.5 Å². The molecule has 90 valence electrons. The maximum atomic E-state index is 11.1. The van der Waals surface area contributed by atoms with Crippen LogP contribution >= 0.6 is 0 Å². The number of carbonyl (C=O) groups is 1. The van der Waals surface area contributed by atoms with Gasteiger partial charge in [-0.05, 0) is 26.5 Å². The number of aryl methyl sites for hydroxylation is 1. The molecule has 0 unspecified atom stereocenters. The first kappa shape index (κ1) is 12.7. The summed E-state index contributed by atoms with van der Waals surface area (Å²) in [6, 6.07) is 1.90. The average molecular weight is 225 g/mol. The summed E-state index contributed by atoms with van der Waals surface area (Å²) in [7, 11) is 1.85. The summed E-state index contributed by atoms with van der Waals surface area (Å²) in [4.78, 5) is 13.0. The monoisotopic (exact) mass is 225 g/mol. The molecule has 0 aliphatic carbocycles. The third kappa shape index (κ3) is 2.61. The van der Waals surface area contributed by atoms with Crippen molar-refractivity contribution in [3.05, 3.63) is 18.0 Å². The first-order valence-electron chi connectivity index (χ1n) is 5.35. The molecule has 16 heavy (non-hydrogen) atoms. The summed E-state index contributed by atoms with van der Waals surface area (Å²) >= 11 is 0. The number of hydrogen-bond donors (Lipinski definition) is 1. The fourth-order valence-electron chi connectivity index (χ4n) is 1.58. The Labute approximate surface area is 95.7 Å². The Morgan fingerprint density at radius 1 is 1.62 bits per heavy atom. The van der Waals surface area contributed by atoms with Crippen LogP contribution in [0.3, 0.4) is 0 Å². The van der Waals surface area contributed by atoms with Crippen LogP contribution in [0.25, 0.3) is 0 Å². The molecule has 5 heteroatoms. The number of rotatable bonds is 5. The quantitative estimate of drug-likeness (QED) is 0.815. The summed E-state index contributed by atoms with van der Waals surface area (Å²) in [5.41, 5.74) is 0.0189. The Morgan fingerprint density at radius 3 is 2.62 bits per heavy atom. The van der Waals surface area contributed by atoms with Crippen LogP contribution in [-0.4, -0.2) is 37.8 Å². The van der Waals surface area contributed by atoms with Crippen molar-refractivity contribution in [3.63, 3.8) is 0 Å². The molecule has 0 spiro atoms. The zero-order valence-electron chi connectivity index (χ0n) is 10.3. The van der Waals surface area contributed by atoms with Gasteiger partial charge in [0, 0.05) is 19.8 Å². The molecule has 1 rings (SSSR count). The number of likely N-dealkylation sites (N-methyl/N-ethyl adjacent to an activating group) is 1. The van der Waals surface area contributed by atoms with E-state index >= 15 is 0 Å². The molecule has 0 aliphatic rings. The number of nitrogens with zero attached hydrogens (tertiary/aromatic N) is 3. The first-order chi connectivity index (χ1) is 7.37. The Morgan fingerprint density at radius 2 is 2.25 bits per heavy atom. The molecule has 0 amide bonds. The number of carboxylic acids is 1. The van der Waals surface area contributed by atoms with Crippen molar-refractivity contribution in [1.29, 1.82) is 0 Å². The molecule has 1 aromatic heterocycles. The lowest BCUT2D eigenvalue weighted by molar-refractivity contribution is -0.149. The molecule has 0 atom stereocenters. The van der Waals surface area contributed by atoms with Crippen LogP contribution in [-0.2, 0) is 18.4 Å². The molecule has 1 heterocycles. The lowest BCUT2D eigenvalue weighted by Gasteiger charge is -2.33. The fourth-order valence-corrected chi connectivity index (χ4v) is 1.58. The van der Waals surface area contributed by atoms with Crippen molar-refractivity contribution < 1.29 is 9.90 Å². The third-order valence-corrected chi connectivity index (χ3v) is 2.82. The first-order valence-corrected chi connectivity index (χ1v) is 5.35. The van der Waals surface area contributed by atoms with Crippen LogP contribution in [0, 0.1) is 0 Å². The summed E-state index contributed by atoms with van der Waals surface area (Å²) in [5.74, 6) is -0.815. The standard InChI is InChI=1S/C11H19N3O2/c1-5-14(11(2,3)10(15)16)8-9-6-7-13(4)12-9/h6-7H,5,8H2,1-4H3,(H,15,16). The van der Waals surface area contributed by atoms with Crippen molar-refractivity contribution in [2.75, 3.05) is 6.54 Å². The van der Waals surface area contributed by atoms with Gasteiger partial charge in [0.1, 0.15) is 5.54 Å². The average Bonchev–Trinajstić information content (AvgIpc) is 2.60. The Bertz CT molecular complexity index is 371. The van der Waals surface area contributed by atoms with E-state index in [9.17, 15) is 4.79 Å². The maximum absolute atomic E-state index is 11.1. The van der Waals surface area contributed by atoms with Crippen LogP contribution in [0.1, 0.15) is 26.5 Å². The van der Waals surface area contributed by atoms with Crippen LogP contribution in [0.15, 0.2) is 12.3 Å². The van der Waals surface area contributed by atoms with Crippen LogP contribution < -0.4 is 0 Å². The lowest BCUT2D eigenvalue weighted by atomic mass is 10.0. The second-order valence-corrected chi connectivity index (χ2v) is 4.36. The van der Waals surface area contributed by atoms with Gasteiger partial charge in [0.05, 0.1) is 5.69 Å². The molecule has 0 fully saturated rings. The van der Waals surface area contributed by atoms with E-state index in [0.29, 0.717) is 13.1 Å². The van der Waals surface area contributed by atoms with Gasteiger partial charge in [-0.2, -0.15) is 5.10 Å². The molecule has 5 nitrogen and oxygen atoms in total. The minimum Gasteiger partial charge on any atom is -0.480 e. The van der Waals surface area contributed by atoms with E-state index in [1.807, 2.05) is 31.1 Å². The van der Waals surface area contributed by atoms with Crippen molar-refractivity contribution >= 4 is 5.97 Å². The van der Waals surface area contributed by atoms with Crippen molar-refractivity contribution in [2.24, 2.45) is 7.05 Å². The van der Waals surface area contributed by atoms with Gasteiger partial charge in [-0.15, -0.1) is 0 Å². The SMILES string of the molecule is CCN(Cc1ccn(C)n1)C(C)(C)C(=O)O. The molecule has 0 saturated heterocycles. The van der Waals surface area contributed by atoms with Crippen molar-refractivity contribution in [3.8, 4) is 0 Å². The number of hydrogen-bond acceptors (Lipinski definition) is 3. The van der Waals surface area contributed by atoms with Gasteiger partial charge >= 0.3 is 5.97 Å².